The van der Waals surface area contributed by atoms with Crippen LogP contribution in [0, 0.1) is 11.3 Å². The summed E-state index contributed by atoms with van der Waals surface area (Å²) in [5.41, 5.74) is 3.13. The number of rotatable bonds is 4. The molecule has 118 valence electrons. The first-order chi connectivity index (χ1) is 11.7. The molecule has 3 rings (SSSR count). The molecule has 6 heteroatoms. The number of halogens is 1. The molecule has 0 fully saturated rings. The molecule has 0 unspecified atom stereocenters. The Kier molecular flexibility index (Phi) is 5.04. The van der Waals surface area contributed by atoms with Crippen LogP contribution in [0.2, 0.25) is 0 Å². The predicted octanol–water partition coefficient (Wildman–Crippen LogP) is 5.04. The van der Waals surface area contributed by atoms with Crippen molar-refractivity contribution < 1.29 is 4.74 Å². The normalized spacial score (nSPS) is 11.1. The van der Waals surface area contributed by atoms with Crippen LogP contribution in [0.25, 0.3) is 22.9 Å². The molecule has 0 aliphatic heterocycles. The molecular formula is C18H12BrN3OS. The van der Waals surface area contributed by atoms with E-state index in [1.54, 1.807) is 25.6 Å². The molecule has 0 aliphatic rings. The maximum absolute atomic E-state index is 9.54. The van der Waals surface area contributed by atoms with Crippen LogP contribution in [-0.2, 0) is 0 Å². The van der Waals surface area contributed by atoms with E-state index in [-0.39, 0.29) is 0 Å². The zero-order valence-electron chi connectivity index (χ0n) is 12.7. The Morgan fingerprint density at radius 1 is 1.29 bits per heavy atom. The van der Waals surface area contributed by atoms with Gasteiger partial charge in [0.2, 0.25) is 0 Å². The van der Waals surface area contributed by atoms with Gasteiger partial charge >= 0.3 is 0 Å². The SMILES string of the molecule is COc1ccc(Br)cc1/C=C(/C#N)c1nc(-c2ccncc2)cs1. The highest BCUT2D eigenvalue weighted by Gasteiger charge is 2.10. The third kappa shape index (κ3) is 3.53. The average Bonchev–Trinajstić information content (AvgIpc) is 3.10. The van der Waals surface area contributed by atoms with Crippen LogP contribution in [0.15, 0.2) is 52.6 Å². The molecule has 0 bridgehead atoms. The van der Waals surface area contributed by atoms with E-state index < -0.39 is 0 Å². The molecule has 0 saturated heterocycles. The lowest BCUT2D eigenvalue weighted by atomic mass is 10.1. The zero-order valence-corrected chi connectivity index (χ0v) is 15.1. The molecule has 4 nitrogen and oxygen atoms in total. The van der Waals surface area contributed by atoms with Gasteiger partial charge in [0.25, 0.3) is 0 Å². The fourth-order valence-corrected chi connectivity index (χ4v) is 3.34. The molecule has 3 aromatic rings. The van der Waals surface area contributed by atoms with Crippen molar-refractivity contribution >= 4 is 38.9 Å². The Morgan fingerprint density at radius 3 is 2.79 bits per heavy atom. The largest absolute Gasteiger partial charge is 0.496 e. The number of allylic oxidation sites excluding steroid dienone is 1. The number of nitriles is 1. The van der Waals surface area contributed by atoms with Crippen LogP contribution in [0.4, 0.5) is 0 Å². The van der Waals surface area contributed by atoms with Crippen molar-refractivity contribution in [2.24, 2.45) is 0 Å². The zero-order chi connectivity index (χ0) is 16.9. The van der Waals surface area contributed by atoms with Crippen LogP contribution in [0.1, 0.15) is 10.6 Å². The van der Waals surface area contributed by atoms with Gasteiger partial charge in [0.05, 0.1) is 18.4 Å². The summed E-state index contributed by atoms with van der Waals surface area (Å²) in [5, 5.41) is 12.2. The second-order valence-corrected chi connectivity index (χ2v) is 6.60. The van der Waals surface area contributed by atoms with Crippen LogP contribution < -0.4 is 4.74 Å². The van der Waals surface area contributed by atoms with Gasteiger partial charge in [-0.05, 0) is 36.4 Å². The molecular weight excluding hydrogens is 386 g/mol. The van der Waals surface area contributed by atoms with E-state index in [1.807, 2.05) is 35.7 Å². The topological polar surface area (TPSA) is 58.8 Å². The molecule has 0 saturated carbocycles. The summed E-state index contributed by atoms with van der Waals surface area (Å²) in [7, 11) is 1.61. The number of benzene rings is 1. The summed E-state index contributed by atoms with van der Waals surface area (Å²) in [6, 6.07) is 11.7. The van der Waals surface area contributed by atoms with Crippen LogP contribution in [0.5, 0.6) is 5.75 Å². The lowest BCUT2D eigenvalue weighted by molar-refractivity contribution is 0.414. The van der Waals surface area contributed by atoms with E-state index in [9.17, 15) is 5.26 Å². The summed E-state index contributed by atoms with van der Waals surface area (Å²) >= 11 is 4.88. The van der Waals surface area contributed by atoms with Crippen molar-refractivity contribution in [3.63, 3.8) is 0 Å². The minimum Gasteiger partial charge on any atom is -0.496 e. The van der Waals surface area contributed by atoms with E-state index in [2.05, 4.69) is 32.0 Å². The highest BCUT2D eigenvalue weighted by molar-refractivity contribution is 9.10. The van der Waals surface area contributed by atoms with E-state index in [4.69, 9.17) is 4.74 Å². The number of aromatic nitrogens is 2. The van der Waals surface area contributed by atoms with Gasteiger partial charge in [-0.1, -0.05) is 15.9 Å². The summed E-state index contributed by atoms with van der Waals surface area (Å²) in [4.78, 5) is 8.58. The second-order valence-electron chi connectivity index (χ2n) is 4.83. The number of nitrogens with zero attached hydrogens (tertiary/aromatic N) is 3. The highest BCUT2D eigenvalue weighted by atomic mass is 79.9. The molecule has 2 heterocycles. The number of methoxy groups -OCH3 is 1. The van der Waals surface area contributed by atoms with Gasteiger partial charge in [0.15, 0.2) is 0 Å². The molecule has 1 aromatic carbocycles. The molecule has 0 aliphatic carbocycles. The van der Waals surface area contributed by atoms with Crippen molar-refractivity contribution in [1.29, 1.82) is 5.26 Å². The van der Waals surface area contributed by atoms with E-state index in [1.165, 1.54) is 11.3 Å². The van der Waals surface area contributed by atoms with Crippen molar-refractivity contribution in [2.45, 2.75) is 0 Å². The van der Waals surface area contributed by atoms with Crippen LogP contribution in [0.3, 0.4) is 0 Å². The minimum absolute atomic E-state index is 0.497. The molecule has 0 amide bonds. The number of ether oxygens (including phenoxy) is 1. The van der Waals surface area contributed by atoms with Crippen LogP contribution in [-0.4, -0.2) is 17.1 Å². The molecule has 24 heavy (non-hydrogen) atoms. The first kappa shape index (κ1) is 16.4. The van der Waals surface area contributed by atoms with Gasteiger partial charge in [-0.2, -0.15) is 5.26 Å². The minimum atomic E-state index is 0.497. The maximum Gasteiger partial charge on any atom is 0.134 e. The summed E-state index contributed by atoms with van der Waals surface area (Å²) < 4.78 is 6.28. The number of pyridine rings is 1. The fourth-order valence-electron chi connectivity index (χ4n) is 2.17. The number of thiazole rings is 1. The Hall–Kier alpha value is -2.49. The van der Waals surface area contributed by atoms with E-state index in [0.717, 1.165) is 21.3 Å². The number of hydrogen-bond acceptors (Lipinski definition) is 5. The van der Waals surface area contributed by atoms with Crippen molar-refractivity contribution in [3.05, 3.63) is 63.1 Å². The van der Waals surface area contributed by atoms with E-state index >= 15 is 0 Å². The predicted molar refractivity (Wildman–Crippen MR) is 99.5 cm³/mol. The van der Waals surface area contributed by atoms with Gasteiger partial charge < -0.3 is 4.74 Å². The standard InChI is InChI=1S/C18H12BrN3OS/c1-23-17-3-2-15(19)9-13(17)8-14(10-20)18-22-16(11-24-18)12-4-6-21-7-5-12/h2-9,11H,1H3/b14-8-. The van der Waals surface area contributed by atoms with Gasteiger partial charge in [-0.3, -0.25) is 4.98 Å². The summed E-state index contributed by atoms with van der Waals surface area (Å²) in [6.07, 6.45) is 5.24. The van der Waals surface area contributed by atoms with Gasteiger partial charge in [-0.25, -0.2) is 4.98 Å². The molecule has 0 spiro atoms. The first-order valence-corrected chi connectivity index (χ1v) is 8.70. The van der Waals surface area contributed by atoms with Crippen LogP contribution >= 0.6 is 27.3 Å². The monoisotopic (exact) mass is 397 g/mol. The lowest BCUT2D eigenvalue weighted by Gasteiger charge is -2.05. The van der Waals surface area contributed by atoms with E-state index in [0.29, 0.717) is 16.3 Å². The fraction of sp³-hybridized carbons (Fsp3) is 0.0556. The molecule has 0 radical (unpaired) electrons. The Morgan fingerprint density at radius 2 is 2.08 bits per heavy atom. The third-order valence-electron chi connectivity index (χ3n) is 3.32. The highest BCUT2D eigenvalue weighted by Crippen LogP contribution is 2.30. The molecule has 0 N–H and O–H groups in total. The summed E-state index contributed by atoms with van der Waals surface area (Å²) in [5.74, 6) is 0.705. The Labute approximate surface area is 152 Å². The molecule has 0 atom stereocenters. The first-order valence-electron chi connectivity index (χ1n) is 7.03. The van der Waals surface area contributed by atoms with Crippen molar-refractivity contribution in [2.75, 3.05) is 7.11 Å². The van der Waals surface area contributed by atoms with Gasteiger partial charge in [0, 0.05) is 33.4 Å². The second kappa shape index (κ2) is 7.39. The van der Waals surface area contributed by atoms with Gasteiger partial charge in [-0.15, -0.1) is 11.3 Å². The smallest absolute Gasteiger partial charge is 0.134 e. The molecule has 2 aromatic heterocycles. The Bertz CT molecular complexity index is 929. The Balaban J connectivity index is 2.00. The summed E-state index contributed by atoms with van der Waals surface area (Å²) in [6.45, 7) is 0. The number of hydrogen-bond donors (Lipinski definition) is 0. The lowest BCUT2D eigenvalue weighted by Crippen LogP contribution is -1.88. The van der Waals surface area contributed by atoms with Crippen molar-refractivity contribution in [1.82, 2.24) is 9.97 Å². The van der Waals surface area contributed by atoms with Crippen molar-refractivity contribution in [3.8, 4) is 23.1 Å². The quantitative estimate of drug-likeness (QED) is 0.578. The third-order valence-corrected chi connectivity index (χ3v) is 4.69. The average molecular weight is 398 g/mol. The maximum atomic E-state index is 9.54. The van der Waals surface area contributed by atoms with Gasteiger partial charge in [0.1, 0.15) is 16.8 Å².